The van der Waals surface area contributed by atoms with Gasteiger partial charge in [0.15, 0.2) is 0 Å². The van der Waals surface area contributed by atoms with E-state index >= 15 is 0 Å². The minimum absolute atomic E-state index is 0.0941. The molecule has 3 fully saturated rings. The SMILES string of the molecule is O=C(O)C1CCNC(C2CC(C(=O)O)CC(C3CC(C(=O)O)CCN3)N2)C1. The van der Waals surface area contributed by atoms with E-state index in [4.69, 9.17) is 0 Å². The number of piperidine rings is 3. The minimum Gasteiger partial charge on any atom is -0.481 e. The van der Waals surface area contributed by atoms with Crippen molar-refractivity contribution in [3.63, 3.8) is 0 Å². The lowest BCUT2D eigenvalue weighted by Gasteiger charge is -2.45. The summed E-state index contributed by atoms with van der Waals surface area (Å²) < 4.78 is 0. The van der Waals surface area contributed by atoms with Gasteiger partial charge in [0.05, 0.1) is 17.8 Å². The zero-order chi connectivity index (χ0) is 19.6. The third-order valence-electron chi connectivity index (χ3n) is 6.40. The zero-order valence-electron chi connectivity index (χ0n) is 15.3. The van der Waals surface area contributed by atoms with Crippen molar-refractivity contribution in [1.29, 1.82) is 0 Å². The van der Waals surface area contributed by atoms with Crippen molar-refractivity contribution in [2.45, 2.75) is 62.7 Å². The first-order valence-electron chi connectivity index (χ1n) is 9.76. The van der Waals surface area contributed by atoms with Crippen molar-refractivity contribution in [2.24, 2.45) is 17.8 Å². The monoisotopic (exact) mass is 383 g/mol. The predicted molar refractivity (Wildman–Crippen MR) is 95.4 cm³/mol. The van der Waals surface area contributed by atoms with Crippen LogP contribution >= 0.6 is 0 Å². The van der Waals surface area contributed by atoms with Gasteiger partial charge >= 0.3 is 17.9 Å². The molecule has 0 amide bonds. The molecule has 0 radical (unpaired) electrons. The van der Waals surface area contributed by atoms with Gasteiger partial charge in [-0.3, -0.25) is 14.4 Å². The summed E-state index contributed by atoms with van der Waals surface area (Å²) in [6.07, 6.45) is 3.00. The Balaban J connectivity index is 1.70. The Morgan fingerprint density at radius 3 is 1.33 bits per heavy atom. The van der Waals surface area contributed by atoms with Crippen LogP contribution in [0.1, 0.15) is 38.5 Å². The summed E-state index contributed by atoms with van der Waals surface area (Å²) in [5.41, 5.74) is 0. The maximum atomic E-state index is 11.7. The molecule has 0 spiro atoms. The number of carboxylic acids is 3. The first-order chi connectivity index (χ1) is 12.8. The van der Waals surface area contributed by atoms with E-state index in [9.17, 15) is 29.7 Å². The fourth-order valence-electron chi connectivity index (χ4n) is 4.85. The number of carboxylic acid groups (broad SMARTS) is 3. The molecule has 3 aliphatic rings. The maximum Gasteiger partial charge on any atom is 0.306 e. The third-order valence-corrected chi connectivity index (χ3v) is 6.40. The largest absolute Gasteiger partial charge is 0.481 e. The van der Waals surface area contributed by atoms with Crippen LogP contribution in [-0.2, 0) is 14.4 Å². The summed E-state index contributed by atoms with van der Waals surface area (Å²) in [5, 5.41) is 38.5. The molecule has 6 N–H and O–H groups in total. The highest BCUT2D eigenvalue weighted by Crippen LogP contribution is 2.30. The first kappa shape index (κ1) is 20.0. The lowest BCUT2D eigenvalue weighted by atomic mass is 9.77. The molecule has 0 bridgehead atoms. The quantitative estimate of drug-likeness (QED) is 0.377. The molecule has 6 atom stereocenters. The second-order valence-corrected chi connectivity index (χ2v) is 8.13. The van der Waals surface area contributed by atoms with Crippen LogP contribution in [0.25, 0.3) is 0 Å². The van der Waals surface area contributed by atoms with Crippen LogP contribution in [0.5, 0.6) is 0 Å². The standard InChI is InChI=1S/C18H29N3O6/c22-16(23)9-1-3-19-12(5-9)14-7-11(18(26)27)8-15(21-14)13-6-10(17(24)25)2-4-20-13/h9-15,19-21H,1-8H2,(H,22,23)(H,24,25)(H,26,27). The van der Waals surface area contributed by atoms with Gasteiger partial charge < -0.3 is 31.3 Å². The van der Waals surface area contributed by atoms with E-state index in [1.54, 1.807) is 0 Å². The van der Waals surface area contributed by atoms with E-state index in [0.717, 1.165) is 0 Å². The number of carbonyl (C=O) groups is 3. The molecular formula is C18H29N3O6. The smallest absolute Gasteiger partial charge is 0.306 e. The number of aliphatic carboxylic acids is 3. The summed E-state index contributed by atoms with van der Waals surface area (Å²) in [7, 11) is 0. The van der Waals surface area contributed by atoms with Crippen LogP contribution in [-0.4, -0.2) is 70.5 Å². The topological polar surface area (TPSA) is 148 Å². The molecule has 3 saturated heterocycles. The van der Waals surface area contributed by atoms with Gasteiger partial charge in [-0.2, -0.15) is 0 Å². The molecule has 27 heavy (non-hydrogen) atoms. The Bertz CT molecular complexity index is 543. The van der Waals surface area contributed by atoms with Gasteiger partial charge in [0, 0.05) is 24.2 Å². The molecule has 0 aromatic heterocycles. The van der Waals surface area contributed by atoms with E-state index in [2.05, 4.69) is 16.0 Å². The second-order valence-electron chi connectivity index (χ2n) is 8.13. The van der Waals surface area contributed by atoms with Crippen LogP contribution in [0.4, 0.5) is 0 Å². The summed E-state index contributed by atoms with van der Waals surface area (Å²) in [6, 6.07) is -0.468. The number of rotatable bonds is 5. The summed E-state index contributed by atoms with van der Waals surface area (Å²) in [4.78, 5) is 34.4. The molecule has 9 nitrogen and oxygen atoms in total. The Labute approximate surface area is 157 Å². The highest BCUT2D eigenvalue weighted by atomic mass is 16.4. The van der Waals surface area contributed by atoms with Crippen molar-refractivity contribution < 1.29 is 29.7 Å². The average molecular weight is 383 g/mol. The fourth-order valence-corrected chi connectivity index (χ4v) is 4.85. The summed E-state index contributed by atoms with van der Waals surface area (Å²) >= 11 is 0. The van der Waals surface area contributed by atoms with Gasteiger partial charge in [-0.25, -0.2) is 0 Å². The van der Waals surface area contributed by atoms with Crippen LogP contribution in [0, 0.1) is 17.8 Å². The van der Waals surface area contributed by atoms with E-state index < -0.39 is 35.7 Å². The zero-order valence-corrected chi connectivity index (χ0v) is 15.3. The molecule has 0 saturated carbocycles. The second kappa shape index (κ2) is 8.53. The number of hydrogen-bond donors (Lipinski definition) is 6. The normalized spacial score (nSPS) is 40.2. The van der Waals surface area contributed by atoms with Gasteiger partial charge in [0.25, 0.3) is 0 Å². The Hall–Kier alpha value is -1.71. The van der Waals surface area contributed by atoms with E-state index in [1.807, 2.05) is 0 Å². The van der Waals surface area contributed by atoms with E-state index in [0.29, 0.717) is 51.6 Å². The highest BCUT2D eigenvalue weighted by Gasteiger charge is 2.42. The molecule has 0 aromatic rings. The Morgan fingerprint density at radius 1 is 0.593 bits per heavy atom. The molecule has 9 heteroatoms. The average Bonchev–Trinajstić information content (AvgIpc) is 2.67. The van der Waals surface area contributed by atoms with Crippen LogP contribution in [0.2, 0.25) is 0 Å². The lowest BCUT2D eigenvalue weighted by Crippen LogP contribution is -2.63. The van der Waals surface area contributed by atoms with E-state index in [1.165, 1.54) is 0 Å². The number of hydrogen-bond acceptors (Lipinski definition) is 6. The summed E-state index contributed by atoms with van der Waals surface area (Å²) in [6.45, 7) is 1.20. The van der Waals surface area contributed by atoms with Crippen molar-refractivity contribution in [3.05, 3.63) is 0 Å². The fraction of sp³-hybridized carbons (Fsp3) is 0.833. The molecule has 0 aliphatic carbocycles. The van der Waals surface area contributed by atoms with Gasteiger partial charge in [-0.05, 0) is 51.6 Å². The molecule has 3 rings (SSSR count). The molecule has 152 valence electrons. The third kappa shape index (κ3) is 4.77. The minimum atomic E-state index is -0.845. The predicted octanol–water partition coefficient (Wildman–Crippen LogP) is -0.287. The van der Waals surface area contributed by atoms with Crippen LogP contribution in [0.15, 0.2) is 0 Å². The molecule has 3 heterocycles. The van der Waals surface area contributed by atoms with Crippen LogP contribution in [0.3, 0.4) is 0 Å². The Kier molecular flexibility index (Phi) is 6.33. The Morgan fingerprint density at radius 2 is 0.963 bits per heavy atom. The van der Waals surface area contributed by atoms with Crippen molar-refractivity contribution in [2.75, 3.05) is 13.1 Å². The maximum absolute atomic E-state index is 11.7. The highest BCUT2D eigenvalue weighted by molar-refractivity contribution is 5.71. The summed E-state index contributed by atoms with van der Waals surface area (Å²) in [5.74, 6) is -3.79. The van der Waals surface area contributed by atoms with Gasteiger partial charge in [-0.15, -0.1) is 0 Å². The van der Waals surface area contributed by atoms with Gasteiger partial charge in [-0.1, -0.05) is 0 Å². The lowest BCUT2D eigenvalue weighted by molar-refractivity contribution is -0.146. The molecule has 3 aliphatic heterocycles. The van der Waals surface area contributed by atoms with Crippen molar-refractivity contribution in [1.82, 2.24) is 16.0 Å². The first-order valence-corrected chi connectivity index (χ1v) is 9.76. The molecular weight excluding hydrogens is 354 g/mol. The number of nitrogens with one attached hydrogen (secondary N) is 3. The molecule has 0 aromatic carbocycles. The molecule has 6 unspecified atom stereocenters. The van der Waals surface area contributed by atoms with Gasteiger partial charge in [0.2, 0.25) is 0 Å². The van der Waals surface area contributed by atoms with Crippen molar-refractivity contribution >= 4 is 17.9 Å². The van der Waals surface area contributed by atoms with Crippen LogP contribution < -0.4 is 16.0 Å². The van der Waals surface area contributed by atoms with Crippen molar-refractivity contribution in [3.8, 4) is 0 Å². The van der Waals surface area contributed by atoms with E-state index in [-0.39, 0.29) is 24.2 Å². The van der Waals surface area contributed by atoms with Gasteiger partial charge in [0.1, 0.15) is 0 Å².